The molecule has 2 heterocycles. The lowest BCUT2D eigenvalue weighted by Crippen LogP contribution is -2.52. The van der Waals surface area contributed by atoms with E-state index in [9.17, 15) is 0 Å². The molecule has 0 saturated carbocycles. The van der Waals surface area contributed by atoms with Gasteiger partial charge in [0.1, 0.15) is 5.75 Å². The minimum atomic E-state index is 0.684. The second-order valence-corrected chi connectivity index (χ2v) is 7.32. The smallest absolute Gasteiger partial charge is 0.225 e. The van der Waals surface area contributed by atoms with Crippen molar-refractivity contribution in [1.82, 2.24) is 20.2 Å². The number of hydrogen-bond donors (Lipinski definition) is 1. The molecule has 1 aromatic heterocycles. The number of aliphatic imine (C=N–C) groups is 1. The number of rotatable bonds is 6. The van der Waals surface area contributed by atoms with Crippen LogP contribution in [-0.2, 0) is 6.54 Å². The minimum Gasteiger partial charge on any atom is -0.493 e. The second-order valence-electron chi connectivity index (χ2n) is 7.32. The van der Waals surface area contributed by atoms with Crippen LogP contribution in [0.1, 0.15) is 5.56 Å². The third kappa shape index (κ3) is 5.26. The molecule has 0 radical (unpaired) electrons. The van der Waals surface area contributed by atoms with Gasteiger partial charge in [-0.1, -0.05) is 24.3 Å². The Hall–Kier alpha value is -3.81. The normalized spacial score (nSPS) is 14.2. The fraction of sp³-hybridized carbons (Fsp3) is 0.292. The fourth-order valence-electron chi connectivity index (χ4n) is 3.59. The first-order valence-electron chi connectivity index (χ1n) is 10.6. The highest BCUT2D eigenvalue weighted by Gasteiger charge is 2.21. The number of ether oxygens (including phenoxy) is 2. The van der Waals surface area contributed by atoms with E-state index in [1.165, 1.54) is 0 Å². The van der Waals surface area contributed by atoms with Gasteiger partial charge in [-0.05, 0) is 35.9 Å². The summed E-state index contributed by atoms with van der Waals surface area (Å²) >= 11 is 0. The molecule has 4 rings (SSSR count). The second kappa shape index (κ2) is 10.5. The van der Waals surface area contributed by atoms with Crippen molar-refractivity contribution in [2.75, 3.05) is 45.2 Å². The van der Waals surface area contributed by atoms with Gasteiger partial charge in [0, 0.05) is 52.2 Å². The number of nitrogens with zero attached hydrogens (tertiary/aromatic N) is 5. The molecule has 0 spiro atoms. The number of aromatic nitrogens is 2. The van der Waals surface area contributed by atoms with E-state index >= 15 is 0 Å². The molecule has 166 valence electrons. The molecule has 2 aromatic carbocycles. The molecule has 0 bridgehead atoms. The maximum atomic E-state index is 5.95. The average Bonchev–Trinajstić information content (AvgIpc) is 2.86. The summed E-state index contributed by atoms with van der Waals surface area (Å²) in [7, 11) is 3.46. The number of para-hydroxylation sites is 2. The van der Waals surface area contributed by atoms with Crippen LogP contribution in [0.5, 0.6) is 17.2 Å². The van der Waals surface area contributed by atoms with Gasteiger partial charge >= 0.3 is 0 Å². The molecule has 0 aliphatic carbocycles. The van der Waals surface area contributed by atoms with E-state index in [2.05, 4.69) is 42.2 Å². The Morgan fingerprint density at radius 2 is 1.62 bits per heavy atom. The molecule has 1 aliphatic heterocycles. The first-order chi connectivity index (χ1) is 15.8. The Labute approximate surface area is 188 Å². The van der Waals surface area contributed by atoms with Gasteiger partial charge in [0.15, 0.2) is 17.5 Å². The van der Waals surface area contributed by atoms with Crippen LogP contribution in [-0.4, -0.2) is 61.2 Å². The van der Waals surface area contributed by atoms with Crippen LogP contribution in [0.2, 0.25) is 0 Å². The largest absolute Gasteiger partial charge is 0.493 e. The summed E-state index contributed by atoms with van der Waals surface area (Å²) < 4.78 is 11.3. The van der Waals surface area contributed by atoms with Crippen LogP contribution in [0, 0.1) is 0 Å². The first-order valence-corrected chi connectivity index (χ1v) is 10.6. The Morgan fingerprint density at radius 1 is 0.938 bits per heavy atom. The first kappa shape index (κ1) is 21.4. The van der Waals surface area contributed by atoms with Crippen LogP contribution in [0.15, 0.2) is 72.0 Å². The van der Waals surface area contributed by atoms with E-state index in [1.807, 2.05) is 49.5 Å². The highest BCUT2D eigenvalue weighted by Crippen LogP contribution is 2.30. The quantitative estimate of drug-likeness (QED) is 0.474. The monoisotopic (exact) mass is 432 g/mol. The average molecular weight is 433 g/mol. The van der Waals surface area contributed by atoms with Gasteiger partial charge in [0.05, 0.1) is 7.11 Å². The molecule has 1 fully saturated rings. The molecule has 32 heavy (non-hydrogen) atoms. The van der Waals surface area contributed by atoms with Crippen molar-refractivity contribution < 1.29 is 9.47 Å². The van der Waals surface area contributed by atoms with E-state index in [1.54, 1.807) is 19.5 Å². The molecule has 8 heteroatoms. The zero-order valence-electron chi connectivity index (χ0n) is 18.4. The third-order valence-corrected chi connectivity index (χ3v) is 5.30. The van der Waals surface area contributed by atoms with Gasteiger partial charge in [0.25, 0.3) is 0 Å². The third-order valence-electron chi connectivity index (χ3n) is 5.30. The predicted molar refractivity (Wildman–Crippen MR) is 126 cm³/mol. The SMILES string of the molecule is CN=C(NCc1ccc(Oc2ccccc2OC)cc1)N1CCN(c2ncccn2)CC1. The van der Waals surface area contributed by atoms with Crippen LogP contribution in [0.4, 0.5) is 5.95 Å². The topological polar surface area (TPSA) is 75.1 Å². The Balaban J connectivity index is 1.29. The molecular formula is C24H28N6O2. The maximum absolute atomic E-state index is 5.95. The lowest BCUT2D eigenvalue weighted by molar-refractivity contribution is 0.370. The van der Waals surface area contributed by atoms with Crippen molar-refractivity contribution >= 4 is 11.9 Å². The van der Waals surface area contributed by atoms with Crippen molar-refractivity contribution in [3.05, 3.63) is 72.6 Å². The number of benzene rings is 2. The van der Waals surface area contributed by atoms with E-state index in [4.69, 9.17) is 9.47 Å². The summed E-state index contributed by atoms with van der Waals surface area (Å²) in [5.74, 6) is 3.85. The van der Waals surface area contributed by atoms with Crippen LogP contribution >= 0.6 is 0 Å². The van der Waals surface area contributed by atoms with Crippen molar-refractivity contribution in [3.63, 3.8) is 0 Å². The van der Waals surface area contributed by atoms with Crippen molar-refractivity contribution in [2.24, 2.45) is 4.99 Å². The highest BCUT2D eigenvalue weighted by molar-refractivity contribution is 5.80. The molecule has 8 nitrogen and oxygen atoms in total. The Morgan fingerprint density at radius 3 is 2.28 bits per heavy atom. The van der Waals surface area contributed by atoms with E-state index in [0.29, 0.717) is 18.0 Å². The molecule has 1 saturated heterocycles. The van der Waals surface area contributed by atoms with Gasteiger partial charge in [-0.2, -0.15) is 0 Å². The Bertz CT molecular complexity index is 1020. The number of methoxy groups -OCH3 is 1. The molecule has 0 unspecified atom stereocenters. The Kier molecular flexibility index (Phi) is 7.01. The van der Waals surface area contributed by atoms with Crippen molar-refractivity contribution in [2.45, 2.75) is 6.54 Å². The molecular weight excluding hydrogens is 404 g/mol. The molecule has 1 N–H and O–H groups in total. The van der Waals surface area contributed by atoms with Gasteiger partial charge in [-0.3, -0.25) is 4.99 Å². The summed E-state index contributed by atoms with van der Waals surface area (Å²) in [6, 6.07) is 17.5. The fourth-order valence-corrected chi connectivity index (χ4v) is 3.59. The number of hydrogen-bond acceptors (Lipinski definition) is 6. The van der Waals surface area contributed by atoms with Crippen molar-refractivity contribution in [3.8, 4) is 17.2 Å². The van der Waals surface area contributed by atoms with E-state index < -0.39 is 0 Å². The van der Waals surface area contributed by atoms with Gasteiger partial charge in [-0.15, -0.1) is 0 Å². The number of anilines is 1. The standard InChI is InChI=1S/C24H28N6O2/c1-25-23(29-14-16-30(17-15-29)24-26-12-5-13-27-24)28-18-19-8-10-20(11-9-19)32-22-7-4-3-6-21(22)31-2/h3-13H,14-18H2,1-2H3,(H,25,28). The lowest BCUT2D eigenvalue weighted by atomic mass is 10.2. The number of nitrogens with one attached hydrogen (secondary N) is 1. The summed E-state index contributed by atoms with van der Waals surface area (Å²) in [5.41, 5.74) is 1.15. The zero-order valence-corrected chi connectivity index (χ0v) is 18.4. The number of piperazine rings is 1. The van der Waals surface area contributed by atoms with Gasteiger partial charge in [0.2, 0.25) is 5.95 Å². The van der Waals surface area contributed by atoms with Crippen LogP contribution in [0.25, 0.3) is 0 Å². The molecule has 0 amide bonds. The minimum absolute atomic E-state index is 0.684. The number of guanidine groups is 1. The van der Waals surface area contributed by atoms with Crippen molar-refractivity contribution in [1.29, 1.82) is 0 Å². The molecule has 1 aliphatic rings. The van der Waals surface area contributed by atoms with E-state index in [-0.39, 0.29) is 0 Å². The zero-order chi connectivity index (χ0) is 22.2. The van der Waals surface area contributed by atoms with Crippen LogP contribution < -0.4 is 19.7 Å². The van der Waals surface area contributed by atoms with Gasteiger partial charge < -0.3 is 24.6 Å². The summed E-state index contributed by atoms with van der Waals surface area (Å²) in [6.45, 7) is 4.14. The summed E-state index contributed by atoms with van der Waals surface area (Å²) in [4.78, 5) is 17.6. The van der Waals surface area contributed by atoms with Gasteiger partial charge in [-0.25, -0.2) is 9.97 Å². The predicted octanol–water partition coefficient (Wildman–Crippen LogP) is 3.18. The van der Waals surface area contributed by atoms with Crippen LogP contribution in [0.3, 0.4) is 0 Å². The molecule has 3 aromatic rings. The summed E-state index contributed by atoms with van der Waals surface area (Å²) in [6.07, 6.45) is 3.56. The molecule has 0 atom stereocenters. The highest BCUT2D eigenvalue weighted by atomic mass is 16.5. The summed E-state index contributed by atoms with van der Waals surface area (Å²) in [5, 5.41) is 3.46. The lowest BCUT2D eigenvalue weighted by Gasteiger charge is -2.36. The maximum Gasteiger partial charge on any atom is 0.225 e. The van der Waals surface area contributed by atoms with E-state index in [0.717, 1.165) is 49.4 Å².